The monoisotopic (exact) mass is 235 g/mol. The van der Waals surface area contributed by atoms with Crippen molar-refractivity contribution in [3.8, 4) is 0 Å². The summed E-state index contributed by atoms with van der Waals surface area (Å²) in [4.78, 5) is 0. The molecule has 0 bridgehead atoms. The Labute approximate surface area is 105 Å². The summed E-state index contributed by atoms with van der Waals surface area (Å²) in [5.41, 5.74) is 7.64. The molecule has 0 aromatic carbocycles. The van der Waals surface area contributed by atoms with Gasteiger partial charge in [-0.05, 0) is 44.6 Å². The summed E-state index contributed by atoms with van der Waals surface area (Å²) in [5, 5.41) is 0. The molecule has 96 valence electrons. The normalized spacial score (nSPS) is 27.1. The van der Waals surface area contributed by atoms with Crippen molar-refractivity contribution in [2.24, 2.45) is 17.6 Å². The lowest BCUT2D eigenvalue weighted by atomic mass is 9.76. The second-order valence-electron chi connectivity index (χ2n) is 5.58. The number of furan rings is 1. The van der Waals surface area contributed by atoms with Gasteiger partial charge in [0.1, 0.15) is 11.5 Å². The van der Waals surface area contributed by atoms with E-state index in [0.717, 1.165) is 17.4 Å². The molecule has 1 fully saturated rings. The van der Waals surface area contributed by atoms with Crippen molar-refractivity contribution in [3.05, 3.63) is 23.2 Å². The van der Waals surface area contributed by atoms with Gasteiger partial charge in [0, 0.05) is 11.6 Å². The topological polar surface area (TPSA) is 39.2 Å². The molecule has 17 heavy (non-hydrogen) atoms. The zero-order valence-electron chi connectivity index (χ0n) is 11.3. The number of aryl methyl sites for hydroxylation is 2. The van der Waals surface area contributed by atoms with E-state index in [1.165, 1.54) is 37.7 Å². The third-order valence-corrected chi connectivity index (χ3v) is 4.42. The van der Waals surface area contributed by atoms with Crippen molar-refractivity contribution in [2.45, 2.75) is 58.9 Å². The SMILES string of the molecule is CCC1CCC(C(N)c2cc(C)oc2C)CC1. The van der Waals surface area contributed by atoms with Crippen molar-refractivity contribution in [1.29, 1.82) is 0 Å². The Morgan fingerprint density at radius 2 is 1.94 bits per heavy atom. The third kappa shape index (κ3) is 2.74. The molecule has 0 spiro atoms. The van der Waals surface area contributed by atoms with Gasteiger partial charge in [0.2, 0.25) is 0 Å². The first-order chi connectivity index (χ1) is 8.11. The average Bonchev–Trinajstić information content (AvgIpc) is 2.68. The van der Waals surface area contributed by atoms with E-state index in [0.29, 0.717) is 5.92 Å². The van der Waals surface area contributed by atoms with E-state index in [1.807, 2.05) is 13.8 Å². The van der Waals surface area contributed by atoms with Crippen molar-refractivity contribution >= 4 is 0 Å². The fraction of sp³-hybridized carbons (Fsp3) is 0.733. The van der Waals surface area contributed by atoms with Gasteiger partial charge in [-0.3, -0.25) is 0 Å². The van der Waals surface area contributed by atoms with Gasteiger partial charge in [-0.15, -0.1) is 0 Å². The Kier molecular flexibility index (Phi) is 3.93. The summed E-state index contributed by atoms with van der Waals surface area (Å²) in [6, 6.07) is 2.29. The molecule has 1 saturated carbocycles. The maximum absolute atomic E-state index is 6.41. The smallest absolute Gasteiger partial charge is 0.105 e. The number of hydrogen-bond acceptors (Lipinski definition) is 2. The van der Waals surface area contributed by atoms with Crippen LogP contribution >= 0.6 is 0 Å². The number of hydrogen-bond donors (Lipinski definition) is 1. The zero-order chi connectivity index (χ0) is 12.4. The van der Waals surface area contributed by atoms with Crippen LogP contribution in [0.5, 0.6) is 0 Å². The summed E-state index contributed by atoms with van der Waals surface area (Å²) < 4.78 is 5.59. The van der Waals surface area contributed by atoms with Gasteiger partial charge in [0.05, 0.1) is 0 Å². The van der Waals surface area contributed by atoms with E-state index in [1.54, 1.807) is 0 Å². The minimum absolute atomic E-state index is 0.172. The highest BCUT2D eigenvalue weighted by atomic mass is 16.3. The molecule has 2 N–H and O–H groups in total. The maximum Gasteiger partial charge on any atom is 0.105 e. The lowest BCUT2D eigenvalue weighted by molar-refractivity contribution is 0.239. The van der Waals surface area contributed by atoms with Crippen LogP contribution in [0.1, 0.15) is 62.2 Å². The van der Waals surface area contributed by atoms with Crippen LogP contribution in [0.2, 0.25) is 0 Å². The molecule has 1 unspecified atom stereocenters. The molecule has 1 aromatic heterocycles. The van der Waals surface area contributed by atoms with E-state index in [4.69, 9.17) is 10.2 Å². The second-order valence-corrected chi connectivity index (χ2v) is 5.58. The van der Waals surface area contributed by atoms with Crippen molar-refractivity contribution in [1.82, 2.24) is 0 Å². The molecule has 2 nitrogen and oxygen atoms in total. The van der Waals surface area contributed by atoms with Gasteiger partial charge in [0.25, 0.3) is 0 Å². The van der Waals surface area contributed by atoms with Crippen molar-refractivity contribution in [3.63, 3.8) is 0 Å². The molecular weight excluding hydrogens is 210 g/mol. The summed E-state index contributed by atoms with van der Waals surface area (Å²) >= 11 is 0. The standard InChI is InChI=1S/C15H25NO/c1-4-12-5-7-13(8-6-12)15(16)14-9-10(2)17-11(14)3/h9,12-13,15H,4-8,16H2,1-3H3. The third-order valence-electron chi connectivity index (χ3n) is 4.42. The Bertz CT molecular complexity index is 361. The Hall–Kier alpha value is -0.760. The van der Waals surface area contributed by atoms with Gasteiger partial charge in [0.15, 0.2) is 0 Å². The Morgan fingerprint density at radius 3 is 2.41 bits per heavy atom. The molecule has 0 amide bonds. The highest BCUT2D eigenvalue weighted by Crippen LogP contribution is 2.38. The minimum Gasteiger partial charge on any atom is -0.466 e. The van der Waals surface area contributed by atoms with Crippen LogP contribution < -0.4 is 5.73 Å². The highest BCUT2D eigenvalue weighted by Gasteiger charge is 2.27. The van der Waals surface area contributed by atoms with Crippen LogP contribution in [-0.4, -0.2) is 0 Å². The first-order valence-electron chi connectivity index (χ1n) is 6.94. The Morgan fingerprint density at radius 1 is 1.29 bits per heavy atom. The van der Waals surface area contributed by atoms with E-state index < -0.39 is 0 Å². The molecule has 0 radical (unpaired) electrons. The summed E-state index contributed by atoms with van der Waals surface area (Å²) in [7, 11) is 0. The van der Waals surface area contributed by atoms with E-state index in [2.05, 4.69) is 13.0 Å². The summed E-state index contributed by atoms with van der Waals surface area (Å²) in [5.74, 6) is 3.57. The van der Waals surface area contributed by atoms with Gasteiger partial charge in [-0.2, -0.15) is 0 Å². The highest BCUT2D eigenvalue weighted by molar-refractivity contribution is 5.24. The van der Waals surface area contributed by atoms with Crippen LogP contribution in [0.15, 0.2) is 10.5 Å². The van der Waals surface area contributed by atoms with Crippen LogP contribution in [0.25, 0.3) is 0 Å². The van der Waals surface area contributed by atoms with Crippen LogP contribution in [0.4, 0.5) is 0 Å². The van der Waals surface area contributed by atoms with Crippen LogP contribution in [0.3, 0.4) is 0 Å². The van der Waals surface area contributed by atoms with Crippen molar-refractivity contribution in [2.75, 3.05) is 0 Å². The zero-order valence-corrected chi connectivity index (χ0v) is 11.3. The molecule has 0 aliphatic heterocycles. The van der Waals surface area contributed by atoms with Gasteiger partial charge in [-0.25, -0.2) is 0 Å². The fourth-order valence-corrected chi connectivity index (χ4v) is 3.19. The number of rotatable bonds is 3. The van der Waals surface area contributed by atoms with Gasteiger partial charge in [-0.1, -0.05) is 26.2 Å². The predicted octanol–water partition coefficient (Wildman–Crippen LogP) is 4.11. The van der Waals surface area contributed by atoms with Gasteiger partial charge >= 0.3 is 0 Å². The second kappa shape index (κ2) is 5.26. The average molecular weight is 235 g/mol. The lowest BCUT2D eigenvalue weighted by Crippen LogP contribution is -2.26. The van der Waals surface area contributed by atoms with Crippen molar-refractivity contribution < 1.29 is 4.42 Å². The summed E-state index contributed by atoms with van der Waals surface area (Å²) in [6.07, 6.45) is 6.59. The van der Waals surface area contributed by atoms with E-state index >= 15 is 0 Å². The Balaban J connectivity index is 2.01. The molecule has 0 saturated heterocycles. The quantitative estimate of drug-likeness (QED) is 0.856. The van der Waals surface area contributed by atoms with E-state index in [-0.39, 0.29) is 6.04 Å². The molecule has 1 aromatic rings. The van der Waals surface area contributed by atoms with Crippen LogP contribution in [-0.2, 0) is 0 Å². The molecule has 2 heteroatoms. The fourth-order valence-electron chi connectivity index (χ4n) is 3.19. The molecule has 1 aliphatic carbocycles. The predicted molar refractivity (Wildman–Crippen MR) is 70.8 cm³/mol. The molecule has 2 rings (SSSR count). The first kappa shape index (κ1) is 12.7. The van der Waals surface area contributed by atoms with Crippen LogP contribution in [0, 0.1) is 25.7 Å². The molecule has 1 atom stereocenters. The van der Waals surface area contributed by atoms with Gasteiger partial charge < -0.3 is 10.2 Å². The molecule has 1 heterocycles. The maximum atomic E-state index is 6.41. The minimum atomic E-state index is 0.172. The first-order valence-corrected chi connectivity index (χ1v) is 6.94. The molecular formula is C15H25NO. The summed E-state index contributed by atoms with van der Waals surface area (Å²) in [6.45, 7) is 6.32. The number of nitrogens with two attached hydrogens (primary N) is 1. The largest absolute Gasteiger partial charge is 0.466 e. The molecule has 1 aliphatic rings. The lowest BCUT2D eigenvalue weighted by Gasteiger charge is -2.31. The van der Waals surface area contributed by atoms with E-state index in [9.17, 15) is 0 Å².